The molecule has 3 nitrogen and oxygen atoms in total. The van der Waals surface area contributed by atoms with Crippen molar-refractivity contribution in [2.24, 2.45) is 0 Å². The predicted octanol–water partition coefficient (Wildman–Crippen LogP) is 2.33. The topological polar surface area (TPSA) is 18.5 Å². The second kappa shape index (κ2) is 6.92. The van der Waals surface area contributed by atoms with Crippen LogP contribution >= 0.6 is 0 Å². The fourth-order valence-electron chi connectivity index (χ4n) is 2.64. The second-order valence-electron chi connectivity index (χ2n) is 5.58. The van der Waals surface area contributed by atoms with E-state index in [1.54, 1.807) is 0 Å². The highest BCUT2D eigenvalue weighted by Crippen LogP contribution is 2.23. The van der Waals surface area contributed by atoms with Gasteiger partial charge >= 0.3 is 0 Å². The van der Waals surface area contributed by atoms with Crippen molar-refractivity contribution >= 4 is 5.69 Å². The molecule has 0 radical (unpaired) electrons. The number of hydrogen-bond acceptors (Lipinski definition) is 3. The lowest BCUT2D eigenvalue weighted by Crippen LogP contribution is -2.50. The SMILES string of the molecule is CCCNCc1ccccc1N1CCN(C)C(C)C1. The summed E-state index contributed by atoms with van der Waals surface area (Å²) in [5.74, 6) is 0. The third kappa shape index (κ3) is 3.71. The zero-order valence-electron chi connectivity index (χ0n) is 12.5. The van der Waals surface area contributed by atoms with Gasteiger partial charge in [-0.25, -0.2) is 0 Å². The van der Waals surface area contributed by atoms with E-state index in [9.17, 15) is 0 Å². The van der Waals surface area contributed by atoms with Crippen molar-refractivity contribution in [1.29, 1.82) is 0 Å². The van der Waals surface area contributed by atoms with E-state index in [-0.39, 0.29) is 0 Å². The van der Waals surface area contributed by atoms with Crippen LogP contribution in [0.2, 0.25) is 0 Å². The zero-order valence-corrected chi connectivity index (χ0v) is 12.5. The van der Waals surface area contributed by atoms with Crippen molar-refractivity contribution in [3.05, 3.63) is 29.8 Å². The molecule has 1 saturated heterocycles. The van der Waals surface area contributed by atoms with E-state index < -0.39 is 0 Å². The van der Waals surface area contributed by atoms with Gasteiger partial charge in [-0.05, 0) is 38.6 Å². The standard InChI is InChI=1S/C16H27N3/c1-4-9-17-12-15-7-5-6-8-16(15)19-11-10-18(3)14(2)13-19/h5-8,14,17H,4,9-13H2,1-3H3. The molecular weight excluding hydrogens is 234 g/mol. The van der Waals surface area contributed by atoms with Gasteiger partial charge in [-0.2, -0.15) is 0 Å². The lowest BCUT2D eigenvalue weighted by Gasteiger charge is -2.39. The van der Waals surface area contributed by atoms with E-state index in [1.165, 1.54) is 17.7 Å². The number of benzene rings is 1. The monoisotopic (exact) mass is 261 g/mol. The zero-order chi connectivity index (χ0) is 13.7. The molecule has 0 aliphatic carbocycles. The maximum Gasteiger partial charge on any atom is 0.0412 e. The second-order valence-corrected chi connectivity index (χ2v) is 5.58. The van der Waals surface area contributed by atoms with Crippen LogP contribution in [0.5, 0.6) is 0 Å². The van der Waals surface area contributed by atoms with Crippen LogP contribution in [-0.2, 0) is 6.54 Å². The molecule has 1 aliphatic rings. The molecule has 1 aromatic carbocycles. The Morgan fingerprint density at radius 2 is 2.05 bits per heavy atom. The summed E-state index contributed by atoms with van der Waals surface area (Å²) in [5, 5.41) is 3.51. The molecule has 0 saturated carbocycles. The average Bonchev–Trinajstić information content (AvgIpc) is 2.43. The quantitative estimate of drug-likeness (QED) is 0.821. The number of rotatable bonds is 5. The highest BCUT2D eigenvalue weighted by atomic mass is 15.3. The largest absolute Gasteiger partial charge is 0.368 e. The summed E-state index contributed by atoms with van der Waals surface area (Å²) in [4.78, 5) is 4.97. The molecule has 1 fully saturated rings. The summed E-state index contributed by atoms with van der Waals surface area (Å²) in [6.07, 6.45) is 1.19. The highest BCUT2D eigenvalue weighted by Gasteiger charge is 2.21. The van der Waals surface area contributed by atoms with E-state index >= 15 is 0 Å². The maximum absolute atomic E-state index is 3.51. The normalized spacial score (nSPS) is 20.8. The van der Waals surface area contributed by atoms with Gasteiger partial charge in [-0.3, -0.25) is 0 Å². The van der Waals surface area contributed by atoms with Gasteiger partial charge in [0.05, 0.1) is 0 Å². The number of nitrogens with zero attached hydrogens (tertiary/aromatic N) is 2. The summed E-state index contributed by atoms with van der Waals surface area (Å²) in [7, 11) is 2.22. The third-order valence-corrected chi connectivity index (χ3v) is 4.03. The van der Waals surface area contributed by atoms with Crippen LogP contribution in [0.25, 0.3) is 0 Å². The molecular formula is C16H27N3. The minimum atomic E-state index is 0.630. The van der Waals surface area contributed by atoms with Gasteiger partial charge in [0.2, 0.25) is 0 Å². The Hall–Kier alpha value is -1.06. The Morgan fingerprint density at radius 1 is 1.26 bits per heavy atom. The van der Waals surface area contributed by atoms with E-state index in [0.29, 0.717) is 6.04 Å². The van der Waals surface area contributed by atoms with Crippen LogP contribution < -0.4 is 10.2 Å². The van der Waals surface area contributed by atoms with Crippen molar-refractivity contribution in [3.63, 3.8) is 0 Å². The van der Waals surface area contributed by atoms with Crippen LogP contribution in [0.1, 0.15) is 25.8 Å². The number of anilines is 1. The van der Waals surface area contributed by atoms with Gasteiger partial charge < -0.3 is 15.1 Å². The average molecular weight is 261 g/mol. The molecule has 1 atom stereocenters. The molecule has 3 heteroatoms. The van der Waals surface area contributed by atoms with E-state index in [0.717, 1.165) is 32.7 Å². The first-order valence-corrected chi connectivity index (χ1v) is 7.46. The fourth-order valence-corrected chi connectivity index (χ4v) is 2.64. The molecule has 0 spiro atoms. The number of hydrogen-bond donors (Lipinski definition) is 1. The molecule has 0 amide bonds. The molecule has 0 bridgehead atoms. The maximum atomic E-state index is 3.51. The lowest BCUT2D eigenvalue weighted by molar-refractivity contribution is 0.234. The highest BCUT2D eigenvalue weighted by molar-refractivity contribution is 5.54. The molecule has 1 N–H and O–H groups in total. The van der Waals surface area contributed by atoms with Crippen LogP contribution in [0.3, 0.4) is 0 Å². The number of piperazine rings is 1. The van der Waals surface area contributed by atoms with Crippen molar-refractivity contribution in [3.8, 4) is 0 Å². The van der Waals surface area contributed by atoms with Crippen LogP contribution in [0, 0.1) is 0 Å². The minimum absolute atomic E-state index is 0.630. The first kappa shape index (κ1) is 14.4. The van der Waals surface area contributed by atoms with Gasteiger partial charge in [0.1, 0.15) is 0 Å². The lowest BCUT2D eigenvalue weighted by atomic mass is 10.1. The number of para-hydroxylation sites is 1. The molecule has 19 heavy (non-hydrogen) atoms. The Labute approximate surface area is 117 Å². The smallest absolute Gasteiger partial charge is 0.0412 e. The first-order valence-electron chi connectivity index (χ1n) is 7.46. The molecule has 2 rings (SSSR count). The minimum Gasteiger partial charge on any atom is -0.368 e. The van der Waals surface area contributed by atoms with E-state index in [4.69, 9.17) is 0 Å². The summed E-state index contributed by atoms with van der Waals surface area (Å²) < 4.78 is 0. The van der Waals surface area contributed by atoms with Crippen molar-refractivity contribution in [1.82, 2.24) is 10.2 Å². The third-order valence-electron chi connectivity index (χ3n) is 4.03. The number of likely N-dealkylation sites (N-methyl/N-ethyl adjacent to an activating group) is 1. The van der Waals surface area contributed by atoms with Crippen LogP contribution in [-0.4, -0.2) is 44.2 Å². The molecule has 106 valence electrons. The molecule has 1 aromatic rings. The Balaban J connectivity index is 2.06. The van der Waals surface area contributed by atoms with Crippen molar-refractivity contribution in [2.75, 3.05) is 38.1 Å². The Morgan fingerprint density at radius 3 is 2.79 bits per heavy atom. The van der Waals surface area contributed by atoms with Crippen molar-refractivity contribution in [2.45, 2.75) is 32.9 Å². The Bertz CT molecular complexity index is 391. The van der Waals surface area contributed by atoms with Gasteiger partial charge in [0.25, 0.3) is 0 Å². The summed E-state index contributed by atoms with van der Waals surface area (Å²) in [6, 6.07) is 9.45. The van der Waals surface area contributed by atoms with Gasteiger partial charge in [0, 0.05) is 37.9 Å². The summed E-state index contributed by atoms with van der Waals surface area (Å²) in [5.41, 5.74) is 2.83. The van der Waals surface area contributed by atoms with E-state index in [2.05, 4.69) is 60.3 Å². The predicted molar refractivity (Wildman–Crippen MR) is 82.7 cm³/mol. The summed E-state index contributed by atoms with van der Waals surface area (Å²) >= 11 is 0. The van der Waals surface area contributed by atoms with Gasteiger partial charge in [-0.15, -0.1) is 0 Å². The number of nitrogens with one attached hydrogen (secondary N) is 1. The molecule has 0 aromatic heterocycles. The summed E-state index contributed by atoms with van der Waals surface area (Å²) in [6.45, 7) is 9.99. The fraction of sp³-hybridized carbons (Fsp3) is 0.625. The van der Waals surface area contributed by atoms with Gasteiger partial charge in [0.15, 0.2) is 0 Å². The van der Waals surface area contributed by atoms with E-state index in [1.807, 2.05) is 0 Å². The van der Waals surface area contributed by atoms with Crippen LogP contribution in [0.4, 0.5) is 5.69 Å². The van der Waals surface area contributed by atoms with Crippen molar-refractivity contribution < 1.29 is 0 Å². The molecule has 1 unspecified atom stereocenters. The van der Waals surface area contributed by atoms with Crippen LogP contribution in [0.15, 0.2) is 24.3 Å². The molecule has 1 aliphatic heterocycles. The first-order chi connectivity index (χ1) is 9.22. The molecule has 1 heterocycles. The van der Waals surface area contributed by atoms with Gasteiger partial charge in [-0.1, -0.05) is 25.1 Å². The Kier molecular flexibility index (Phi) is 5.23.